The fraction of sp³-hybridized carbons (Fsp3) is 0.667. The van der Waals surface area contributed by atoms with E-state index < -0.39 is 32.5 Å². The van der Waals surface area contributed by atoms with E-state index in [1.807, 2.05) is 33.3 Å². The van der Waals surface area contributed by atoms with Gasteiger partial charge < -0.3 is 27.9 Å². The number of carbonyl (C=O) groups is 2. The number of hydrogen-bond donors (Lipinski definition) is 0. The lowest BCUT2D eigenvalue weighted by Crippen LogP contribution is -2.37. The van der Waals surface area contributed by atoms with Gasteiger partial charge in [-0.15, -0.1) is 0 Å². The first-order chi connectivity index (χ1) is 28.0. The molecule has 1 unspecified atom stereocenters. The van der Waals surface area contributed by atoms with Crippen LogP contribution in [0.2, 0.25) is 0 Å². The Bertz CT molecular complexity index is 1260. The van der Waals surface area contributed by atoms with E-state index in [-0.39, 0.29) is 26.1 Å². The summed E-state index contributed by atoms with van der Waals surface area (Å²) < 4.78 is 33.8. The number of carbonyl (C=O) groups excluding carboxylic acids is 2. The molecule has 10 heteroatoms. The predicted molar refractivity (Wildman–Crippen MR) is 240 cm³/mol. The second-order valence-corrected chi connectivity index (χ2v) is 17.1. The van der Waals surface area contributed by atoms with Crippen molar-refractivity contribution in [3.63, 3.8) is 0 Å². The monoisotopic (exact) mass is 832 g/mol. The van der Waals surface area contributed by atoms with Gasteiger partial charge in [-0.3, -0.25) is 14.2 Å². The van der Waals surface area contributed by atoms with Crippen molar-refractivity contribution < 1.29 is 42.1 Å². The Hall–Kier alpha value is -2.81. The number of hydrogen-bond acceptors (Lipinski definition) is 8. The molecule has 2 atom stereocenters. The van der Waals surface area contributed by atoms with Crippen LogP contribution in [0.5, 0.6) is 0 Å². The Morgan fingerprint density at radius 1 is 0.552 bits per heavy atom. The van der Waals surface area contributed by atoms with Gasteiger partial charge in [0.25, 0.3) is 7.82 Å². The van der Waals surface area contributed by atoms with E-state index in [2.05, 4.69) is 86.8 Å². The van der Waals surface area contributed by atoms with Gasteiger partial charge in [-0.05, 0) is 77.0 Å². The van der Waals surface area contributed by atoms with Crippen LogP contribution < -0.4 is 4.89 Å². The molecule has 0 fully saturated rings. The third-order valence-corrected chi connectivity index (χ3v) is 9.89. The van der Waals surface area contributed by atoms with E-state index in [0.717, 1.165) is 64.2 Å². The first-order valence-corrected chi connectivity index (χ1v) is 23.8. The molecule has 0 aliphatic carbocycles. The fourth-order valence-electron chi connectivity index (χ4n) is 5.39. The summed E-state index contributed by atoms with van der Waals surface area (Å²) in [5, 5.41) is 0. The SMILES string of the molecule is CCCCC/C=C/C/C=C/C/C=C/C/C=C/C/C=C/CCC(=O)O[C@H](COC(=O)CCCCCCC/C=C/C=C/CCCCCC)COP(=O)([O-])OCC[N+](C)(C)C. The predicted octanol–water partition coefficient (Wildman–Crippen LogP) is 12.2. The Labute approximate surface area is 354 Å². The molecule has 0 aromatic rings. The van der Waals surface area contributed by atoms with Crippen LogP contribution in [0.25, 0.3) is 0 Å². The van der Waals surface area contributed by atoms with E-state index in [1.54, 1.807) is 0 Å². The third-order valence-electron chi connectivity index (χ3n) is 8.93. The van der Waals surface area contributed by atoms with Crippen molar-refractivity contribution in [3.05, 3.63) is 85.1 Å². The molecule has 0 heterocycles. The van der Waals surface area contributed by atoms with Crippen LogP contribution >= 0.6 is 7.82 Å². The summed E-state index contributed by atoms with van der Waals surface area (Å²) in [6.45, 7) is 4.05. The van der Waals surface area contributed by atoms with Crippen LogP contribution in [-0.4, -0.2) is 70.0 Å². The molecule has 0 bridgehead atoms. The minimum Gasteiger partial charge on any atom is -0.756 e. The minimum absolute atomic E-state index is 0.0512. The molecule has 0 N–H and O–H groups in total. The number of unbranched alkanes of at least 4 members (excludes halogenated alkanes) is 12. The molecule has 0 saturated heterocycles. The highest BCUT2D eigenvalue weighted by Crippen LogP contribution is 2.38. The summed E-state index contributed by atoms with van der Waals surface area (Å²) in [4.78, 5) is 37.5. The van der Waals surface area contributed by atoms with Crippen LogP contribution in [0, 0.1) is 0 Å². The number of phosphoric ester groups is 1. The molecule has 0 saturated carbocycles. The van der Waals surface area contributed by atoms with Crippen molar-refractivity contribution in [2.45, 2.75) is 161 Å². The molecular weight excluding hydrogens is 750 g/mol. The molecule has 0 aliphatic rings. The van der Waals surface area contributed by atoms with Gasteiger partial charge in [0.1, 0.15) is 19.8 Å². The lowest BCUT2D eigenvalue weighted by Gasteiger charge is -2.28. The van der Waals surface area contributed by atoms with E-state index in [9.17, 15) is 19.0 Å². The summed E-state index contributed by atoms with van der Waals surface area (Å²) in [5.74, 6) is -0.957. The van der Waals surface area contributed by atoms with Gasteiger partial charge in [0.2, 0.25) is 0 Å². The number of phosphoric acid groups is 1. The average Bonchev–Trinajstić information content (AvgIpc) is 3.17. The molecule has 0 aromatic carbocycles. The second kappa shape index (κ2) is 39.6. The molecule has 332 valence electrons. The number of rotatable bonds is 39. The van der Waals surface area contributed by atoms with E-state index >= 15 is 0 Å². The number of quaternary nitrogens is 1. The first-order valence-electron chi connectivity index (χ1n) is 22.3. The molecule has 0 aromatic heterocycles. The highest BCUT2D eigenvalue weighted by atomic mass is 31.2. The Kier molecular flexibility index (Phi) is 37.7. The van der Waals surface area contributed by atoms with Gasteiger partial charge in [-0.2, -0.15) is 0 Å². The molecule has 0 spiro atoms. The maximum Gasteiger partial charge on any atom is 0.306 e. The van der Waals surface area contributed by atoms with E-state index in [0.29, 0.717) is 23.9 Å². The maximum atomic E-state index is 12.6. The number of nitrogens with zero attached hydrogens (tertiary/aromatic N) is 1. The zero-order chi connectivity index (χ0) is 42.8. The van der Waals surface area contributed by atoms with E-state index in [4.69, 9.17) is 18.5 Å². The molecule has 0 radical (unpaired) electrons. The van der Waals surface area contributed by atoms with Crippen molar-refractivity contribution in [3.8, 4) is 0 Å². The molecule has 0 rings (SSSR count). The summed E-state index contributed by atoms with van der Waals surface area (Å²) in [5.41, 5.74) is 0. The molecule has 58 heavy (non-hydrogen) atoms. The van der Waals surface area contributed by atoms with Crippen LogP contribution in [0.1, 0.15) is 155 Å². The number of ether oxygens (including phenoxy) is 2. The van der Waals surface area contributed by atoms with Gasteiger partial charge in [0.15, 0.2) is 6.10 Å². The van der Waals surface area contributed by atoms with Crippen molar-refractivity contribution in [2.75, 3.05) is 47.5 Å². The smallest absolute Gasteiger partial charge is 0.306 e. The zero-order valence-electron chi connectivity index (χ0n) is 37.2. The van der Waals surface area contributed by atoms with Crippen molar-refractivity contribution in [1.82, 2.24) is 0 Å². The summed E-state index contributed by atoms with van der Waals surface area (Å²) in [7, 11) is 1.10. The summed E-state index contributed by atoms with van der Waals surface area (Å²) in [6, 6.07) is 0. The third kappa shape index (κ3) is 42.8. The normalized spacial score (nSPS) is 14.4. The van der Waals surface area contributed by atoms with Gasteiger partial charge in [-0.25, -0.2) is 0 Å². The first kappa shape index (κ1) is 55.2. The number of esters is 2. The van der Waals surface area contributed by atoms with Crippen LogP contribution in [-0.2, 0) is 32.7 Å². The lowest BCUT2D eigenvalue weighted by atomic mass is 10.1. The van der Waals surface area contributed by atoms with Crippen LogP contribution in [0.3, 0.4) is 0 Å². The van der Waals surface area contributed by atoms with Crippen molar-refractivity contribution in [2.24, 2.45) is 0 Å². The van der Waals surface area contributed by atoms with Crippen molar-refractivity contribution in [1.29, 1.82) is 0 Å². The van der Waals surface area contributed by atoms with E-state index in [1.165, 1.54) is 51.4 Å². The standard InChI is InChI=1S/C48H82NO8P/c1-6-8-10-12-14-16-18-20-22-23-24-25-27-29-31-33-35-37-39-41-48(51)57-46(45-56-58(52,53)55-43-42-49(3,4)5)44-54-47(50)40-38-36-34-32-30-28-26-21-19-17-15-13-11-9-7-2/h14,16-17,19-22,24-26,29,31,35,37,46H,6-13,15,18,23,27-28,30,32-34,36,38-45H2,1-5H3/b16-14+,19-17+,22-20+,25-24+,26-21+,31-29+,37-35+/t46-/m1/s1. The van der Waals surface area contributed by atoms with Crippen molar-refractivity contribution >= 4 is 19.8 Å². The maximum absolute atomic E-state index is 12.6. The molecule has 0 aliphatic heterocycles. The van der Waals surface area contributed by atoms with Gasteiger partial charge >= 0.3 is 11.9 Å². The molecule has 9 nitrogen and oxygen atoms in total. The topological polar surface area (TPSA) is 111 Å². The lowest BCUT2D eigenvalue weighted by molar-refractivity contribution is -0.870. The van der Waals surface area contributed by atoms with Gasteiger partial charge in [0, 0.05) is 12.8 Å². The zero-order valence-corrected chi connectivity index (χ0v) is 38.1. The highest BCUT2D eigenvalue weighted by Gasteiger charge is 2.21. The number of likely N-dealkylation sites (N-methyl/N-ethyl adjacent to an activating group) is 1. The van der Waals surface area contributed by atoms with Crippen LogP contribution in [0.15, 0.2) is 85.1 Å². The molecular formula is C48H82NO8P. The molecule has 0 amide bonds. The average molecular weight is 832 g/mol. The second-order valence-electron chi connectivity index (χ2n) is 15.7. The van der Waals surface area contributed by atoms with Crippen LogP contribution in [0.4, 0.5) is 0 Å². The quantitative estimate of drug-likeness (QED) is 0.0150. The largest absolute Gasteiger partial charge is 0.756 e. The van der Waals surface area contributed by atoms with Gasteiger partial charge in [-0.1, -0.05) is 150 Å². The number of allylic oxidation sites excluding steroid dienone is 14. The Morgan fingerprint density at radius 2 is 1.02 bits per heavy atom. The minimum atomic E-state index is -4.65. The summed E-state index contributed by atoms with van der Waals surface area (Å²) in [6.07, 6.45) is 50.5. The summed E-state index contributed by atoms with van der Waals surface area (Å²) >= 11 is 0. The Morgan fingerprint density at radius 3 is 1.59 bits per heavy atom. The Balaban J connectivity index is 4.53. The fourth-order valence-corrected chi connectivity index (χ4v) is 6.12. The highest BCUT2D eigenvalue weighted by molar-refractivity contribution is 7.45. The van der Waals surface area contributed by atoms with Gasteiger partial charge in [0.05, 0.1) is 27.7 Å².